The summed E-state index contributed by atoms with van der Waals surface area (Å²) in [7, 11) is 0. The third-order valence-corrected chi connectivity index (χ3v) is 3.20. The molecule has 1 atom stereocenters. The van der Waals surface area contributed by atoms with E-state index in [-0.39, 0.29) is 6.10 Å². The van der Waals surface area contributed by atoms with Crippen LogP contribution < -0.4 is 0 Å². The second-order valence-electron chi connectivity index (χ2n) is 5.04. The molecule has 1 fully saturated rings. The predicted molar refractivity (Wildman–Crippen MR) is 84.9 cm³/mol. The standard InChI is InChI=1S/C16H32O7/c1-2-16-15-22-12-11-20-8-7-18-4-3-17-5-6-19-9-10-21-13-14-23-16/h16H,2-15H2,1H3. The van der Waals surface area contributed by atoms with E-state index in [1.165, 1.54) is 0 Å². The highest BCUT2D eigenvalue weighted by Gasteiger charge is 2.06. The molecule has 0 aromatic rings. The average Bonchev–Trinajstić information content (AvgIpc) is 2.57. The van der Waals surface area contributed by atoms with Crippen molar-refractivity contribution in [1.82, 2.24) is 0 Å². The van der Waals surface area contributed by atoms with Gasteiger partial charge >= 0.3 is 0 Å². The minimum atomic E-state index is 0.101. The van der Waals surface area contributed by atoms with Crippen molar-refractivity contribution in [1.29, 1.82) is 0 Å². The molecule has 7 heteroatoms. The molecule has 0 amide bonds. The zero-order valence-corrected chi connectivity index (χ0v) is 14.3. The second-order valence-corrected chi connectivity index (χ2v) is 5.04. The van der Waals surface area contributed by atoms with E-state index in [1.54, 1.807) is 0 Å². The van der Waals surface area contributed by atoms with Crippen molar-refractivity contribution >= 4 is 0 Å². The molecule has 1 saturated heterocycles. The van der Waals surface area contributed by atoms with Crippen molar-refractivity contribution < 1.29 is 33.2 Å². The van der Waals surface area contributed by atoms with Crippen molar-refractivity contribution in [3.63, 3.8) is 0 Å². The molecule has 1 aliphatic rings. The summed E-state index contributed by atoms with van der Waals surface area (Å²) >= 11 is 0. The van der Waals surface area contributed by atoms with Crippen LogP contribution in [0.1, 0.15) is 13.3 Å². The molecule has 23 heavy (non-hydrogen) atoms. The van der Waals surface area contributed by atoms with Crippen molar-refractivity contribution in [2.45, 2.75) is 19.4 Å². The highest BCUT2D eigenvalue weighted by atomic mass is 16.6. The maximum absolute atomic E-state index is 5.72. The largest absolute Gasteiger partial charge is 0.377 e. The Balaban J connectivity index is 2.14. The van der Waals surface area contributed by atoms with Crippen molar-refractivity contribution in [3.05, 3.63) is 0 Å². The zero-order valence-electron chi connectivity index (χ0n) is 14.3. The summed E-state index contributed by atoms with van der Waals surface area (Å²) in [6, 6.07) is 0. The van der Waals surface area contributed by atoms with Crippen LogP contribution in [0.25, 0.3) is 0 Å². The Labute approximate surface area is 139 Å². The van der Waals surface area contributed by atoms with Crippen LogP contribution in [-0.4, -0.2) is 92.0 Å². The van der Waals surface area contributed by atoms with Crippen LogP contribution in [0.15, 0.2) is 0 Å². The summed E-state index contributed by atoms with van der Waals surface area (Å²) in [5, 5.41) is 0. The number of hydrogen-bond donors (Lipinski definition) is 0. The van der Waals surface area contributed by atoms with Gasteiger partial charge in [-0.05, 0) is 6.42 Å². The smallest absolute Gasteiger partial charge is 0.0807 e. The molecule has 0 bridgehead atoms. The third kappa shape index (κ3) is 13.8. The number of rotatable bonds is 1. The van der Waals surface area contributed by atoms with E-state index in [9.17, 15) is 0 Å². The molecule has 1 heterocycles. The second kappa shape index (κ2) is 16.6. The minimum Gasteiger partial charge on any atom is -0.377 e. The first-order valence-corrected chi connectivity index (χ1v) is 8.51. The molecule has 1 unspecified atom stereocenters. The van der Waals surface area contributed by atoms with Crippen LogP contribution in [0.2, 0.25) is 0 Å². The molecular formula is C16H32O7. The summed E-state index contributed by atoms with van der Waals surface area (Å²) in [5.41, 5.74) is 0. The molecule has 0 aliphatic carbocycles. The predicted octanol–water partition coefficient (Wildman–Crippen LogP) is 0.895. The minimum absolute atomic E-state index is 0.101. The van der Waals surface area contributed by atoms with Gasteiger partial charge in [-0.15, -0.1) is 0 Å². The van der Waals surface area contributed by atoms with E-state index in [0.29, 0.717) is 85.9 Å². The molecule has 0 aromatic heterocycles. The van der Waals surface area contributed by atoms with Gasteiger partial charge in [0.2, 0.25) is 0 Å². The SMILES string of the molecule is CCC1COCCOCCOCCOCCOCCOCCO1. The van der Waals surface area contributed by atoms with Gasteiger partial charge < -0.3 is 33.2 Å². The third-order valence-electron chi connectivity index (χ3n) is 3.20. The molecule has 0 spiro atoms. The lowest BCUT2D eigenvalue weighted by Gasteiger charge is -2.16. The number of hydrogen-bond acceptors (Lipinski definition) is 7. The van der Waals surface area contributed by atoms with Gasteiger partial charge in [-0.3, -0.25) is 0 Å². The fourth-order valence-corrected chi connectivity index (χ4v) is 1.87. The first kappa shape index (κ1) is 20.8. The molecule has 0 N–H and O–H groups in total. The van der Waals surface area contributed by atoms with Crippen LogP contribution in [0.4, 0.5) is 0 Å². The maximum Gasteiger partial charge on any atom is 0.0807 e. The van der Waals surface area contributed by atoms with Gasteiger partial charge in [0.1, 0.15) is 0 Å². The summed E-state index contributed by atoms with van der Waals surface area (Å²) in [6.07, 6.45) is 1.02. The lowest BCUT2D eigenvalue weighted by atomic mass is 10.3. The maximum atomic E-state index is 5.72. The monoisotopic (exact) mass is 336 g/mol. The van der Waals surface area contributed by atoms with E-state index in [1.807, 2.05) is 0 Å². The normalized spacial score (nSPS) is 26.2. The Morgan fingerprint density at radius 1 is 0.522 bits per heavy atom. The molecule has 1 rings (SSSR count). The van der Waals surface area contributed by atoms with Crippen molar-refractivity contribution in [2.75, 3.05) is 85.9 Å². The molecule has 0 aromatic carbocycles. The summed E-state index contributed by atoms with van der Waals surface area (Å²) in [5.74, 6) is 0. The Kier molecular flexibility index (Phi) is 15.0. The molecule has 138 valence electrons. The van der Waals surface area contributed by atoms with E-state index < -0.39 is 0 Å². The lowest BCUT2D eigenvalue weighted by molar-refractivity contribution is -0.0541. The Hall–Kier alpha value is -0.280. The quantitative estimate of drug-likeness (QED) is 0.705. The highest BCUT2D eigenvalue weighted by Crippen LogP contribution is 1.99. The Morgan fingerprint density at radius 2 is 0.870 bits per heavy atom. The van der Waals surface area contributed by atoms with Gasteiger partial charge in [-0.25, -0.2) is 0 Å². The fourth-order valence-electron chi connectivity index (χ4n) is 1.87. The zero-order chi connectivity index (χ0) is 16.4. The average molecular weight is 336 g/mol. The van der Waals surface area contributed by atoms with E-state index in [4.69, 9.17) is 33.2 Å². The van der Waals surface area contributed by atoms with E-state index in [0.717, 1.165) is 6.42 Å². The lowest BCUT2D eigenvalue weighted by Crippen LogP contribution is -2.23. The van der Waals surface area contributed by atoms with Gasteiger partial charge in [0.15, 0.2) is 0 Å². The molecular weight excluding hydrogens is 304 g/mol. The Bertz CT molecular complexity index is 218. The summed E-state index contributed by atoms with van der Waals surface area (Å²) in [6.45, 7) is 9.47. The molecule has 7 nitrogen and oxygen atoms in total. The summed E-state index contributed by atoms with van der Waals surface area (Å²) < 4.78 is 38.3. The first-order chi connectivity index (χ1) is 11.4. The fraction of sp³-hybridized carbons (Fsp3) is 1.00. The van der Waals surface area contributed by atoms with Gasteiger partial charge in [-0.2, -0.15) is 0 Å². The van der Waals surface area contributed by atoms with Crippen LogP contribution >= 0.6 is 0 Å². The van der Waals surface area contributed by atoms with Crippen LogP contribution in [0.5, 0.6) is 0 Å². The van der Waals surface area contributed by atoms with Gasteiger partial charge in [0.05, 0.1) is 92.0 Å². The van der Waals surface area contributed by atoms with Gasteiger partial charge in [0, 0.05) is 0 Å². The Morgan fingerprint density at radius 3 is 1.26 bits per heavy atom. The highest BCUT2D eigenvalue weighted by molar-refractivity contribution is 4.53. The van der Waals surface area contributed by atoms with Gasteiger partial charge in [-0.1, -0.05) is 6.92 Å². The van der Waals surface area contributed by atoms with Gasteiger partial charge in [0.25, 0.3) is 0 Å². The molecule has 1 aliphatic heterocycles. The molecule has 0 radical (unpaired) electrons. The van der Waals surface area contributed by atoms with Crippen LogP contribution in [0, 0.1) is 0 Å². The van der Waals surface area contributed by atoms with Crippen LogP contribution in [0.3, 0.4) is 0 Å². The van der Waals surface area contributed by atoms with E-state index >= 15 is 0 Å². The topological polar surface area (TPSA) is 64.6 Å². The first-order valence-electron chi connectivity index (χ1n) is 8.51. The molecule has 0 saturated carbocycles. The van der Waals surface area contributed by atoms with E-state index in [2.05, 4.69) is 6.92 Å². The van der Waals surface area contributed by atoms with Crippen molar-refractivity contribution in [3.8, 4) is 0 Å². The van der Waals surface area contributed by atoms with Crippen LogP contribution in [-0.2, 0) is 33.2 Å². The number of ether oxygens (including phenoxy) is 7. The van der Waals surface area contributed by atoms with Crippen molar-refractivity contribution in [2.24, 2.45) is 0 Å². The summed E-state index contributed by atoms with van der Waals surface area (Å²) in [4.78, 5) is 0.